The Bertz CT molecular complexity index is 1800. The molecule has 3 N–H and O–H groups in total. The lowest BCUT2D eigenvalue weighted by atomic mass is 10.1. The molecule has 0 aromatic heterocycles. The van der Waals surface area contributed by atoms with Gasteiger partial charge in [-0.25, -0.2) is 4.39 Å². The Morgan fingerprint density at radius 2 is 1.62 bits per heavy atom. The number of benzene rings is 4. The van der Waals surface area contributed by atoms with Gasteiger partial charge in [-0.1, -0.05) is 60.1 Å². The number of hydrazone groups is 1. The molecular weight excluding hydrogens is 617 g/mol. The first-order chi connectivity index (χ1) is 21.8. The van der Waals surface area contributed by atoms with Crippen molar-refractivity contribution in [3.63, 3.8) is 0 Å². The minimum atomic E-state index is -0.717. The number of hydrogen-bond donors (Lipinski definition) is 3. The lowest BCUT2D eigenvalue weighted by molar-refractivity contribution is -0.117. The number of rotatable bonds is 9. The fourth-order valence-electron chi connectivity index (χ4n) is 4.21. The summed E-state index contributed by atoms with van der Waals surface area (Å²) in [5.41, 5.74) is 0.982. The van der Waals surface area contributed by atoms with Gasteiger partial charge in [0.2, 0.25) is 5.91 Å². The van der Waals surface area contributed by atoms with Crippen LogP contribution in [0.2, 0.25) is 5.02 Å². The predicted octanol–water partition coefficient (Wildman–Crippen LogP) is 5.85. The molecule has 226 valence electrons. The molecule has 1 heterocycles. The summed E-state index contributed by atoms with van der Waals surface area (Å²) in [5, 5.41) is 13.5. The smallest absolute Gasteiger partial charge is 0.272 e. The average molecular weight is 642 g/mol. The van der Waals surface area contributed by atoms with Crippen LogP contribution < -0.4 is 21.0 Å². The summed E-state index contributed by atoms with van der Waals surface area (Å²) in [6, 6.07) is 28.0. The Labute approximate surface area is 267 Å². The quantitative estimate of drug-likeness (QED) is 0.157. The molecule has 4 aromatic carbocycles. The molecular formula is C33H25ClFN5O4S. The molecule has 4 amide bonds. The number of hydrogen-bond acceptors (Lipinski definition) is 6. The second kappa shape index (κ2) is 14.5. The second-order valence-corrected chi connectivity index (χ2v) is 11.1. The van der Waals surface area contributed by atoms with Crippen molar-refractivity contribution < 1.29 is 23.6 Å². The molecule has 0 saturated heterocycles. The molecule has 0 aliphatic carbocycles. The molecule has 12 heteroatoms. The number of carbonyl (C=O) groups is 4. The van der Waals surface area contributed by atoms with E-state index in [9.17, 15) is 23.6 Å². The highest BCUT2D eigenvalue weighted by Gasteiger charge is 2.26. The first-order valence-electron chi connectivity index (χ1n) is 13.6. The first-order valence-corrected chi connectivity index (χ1v) is 14.9. The van der Waals surface area contributed by atoms with Crippen molar-refractivity contribution >= 4 is 70.3 Å². The van der Waals surface area contributed by atoms with Crippen LogP contribution in [0.4, 0.5) is 15.8 Å². The Balaban J connectivity index is 1.25. The van der Waals surface area contributed by atoms with Gasteiger partial charge in [0.15, 0.2) is 0 Å². The molecule has 0 spiro atoms. The van der Waals surface area contributed by atoms with Gasteiger partial charge in [0.05, 0.1) is 22.9 Å². The van der Waals surface area contributed by atoms with Crippen LogP contribution in [-0.2, 0) is 14.4 Å². The van der Waals surface area contributed by atoms with Gasteiger partial charge in [-0.15, -0.1) is 11.8 Å². The molecule has 0 atom stereocenters. The zero-order chi connectivity index (χ0) is 31.8. The molecule has 45 heavy (non-hydrogen) atoms. The standard InChI is InChI=1S/C33H25ClFN5O4S/c34-26-15-8-16-27(35)25(26)18-28(37-32(43)21-9-3-1-4-10-21)33(44)36-22-11-7-14-24(17-22)45-20-30(41)38-29-19-31(42)40(39-29)23-12-5-2-6-13-23/h1-18H,19-20H2,(H,36,44)(H,37,43)(H,38,39,41)/b28-18+. The number of carbonyl (C=O) groups excluding carboxylic acids is 4. The number of para-hydroxylation sites is 1. The van der Waals surface area contributed by atoms with E-state index in [2.05, 4.69) is 21.1 Å². The van der Waals surface area contributed by atoms with Crippen molar-refractivity contribution in [2.75, 3.05) is 16.1 Å². The third-order valence-corrected chi connectivity index (χ3v) is 7.66. The van der Waals surface area contributed by atoms with Crippen molar-refractivity contribution in [3.8, 4) is 0 Å². The van der Waals surface area contributed by atoms with Crippen LogP contribution in [-0.4, -0.2) is 35.2 Å². The predicted molar refractivity (Wildman–Crippen MR) is 173 cm³/mol. The molecule has 5 rings (SSSR count). The monoisotopic (exact) mass is 641 g/mol. The SMILES string of the molecule is O=C(CSc1cccc(NC(=O)/C(=C\c2c(F)cccc2Cl)NC(=O)c2ccccc2)c1)NC1=NN(c2ccccc2)C(=O)C1. The lowest BCUT2D eigenvalue weighted by Crippen LogP contribution is -2.31. The highest BCUT2D eigenvalue weighted by molar-refractivity contribution is 8.00. The number of amides is 4. The van der Waals surface area contributed by atoms with E-state index in [1.54, 1.807) is 78.9 Å². The average Bonchev–Trinajstić information content (AvgIpc) is 3.41. The molecule has 0 bridgehead atoms. The van der Waals surface area contributed by atoms with Gasteiger partial charge in [-0.3, -0.25) is 19.2 Å². The topological polar surface area (TPSA) is 120 Å². The summed E-state index contributed by atoms with van der Waals surface area (Å²) in [6.07, 6.45) is 1.15. The Morgan fingerprint density at radius 1 is 0.911 bits per heavy atom. The molecule has 4 aromatic rings. The third-order valence-electron chi connectivity index (χ3n) is 6.34. The summed E-state index contributed by atoms with van der Waals surface area (Å²) in [5.74, 6) is -2.29. The van der Waals surface area contributed by atoms with Crippen LogP contribution in [0.5, 0.6) is 0 Å². The number of halogens is 2. The van der Waals surface area contributed by atoms with E-state index in [1.807, 2.05) is 6.07 Å². The second-order valence-electron chi connectivity index (χ2n) is 9.60. The number of anilines is 2. The van der Waals surface area contributed by atoms with Crippen LogP contribution in [0.3, 0.4) is 0 Å². The van der Waals surface area contributed by atoms with Crippen LogP contribution in [0.25, 0.3) is 6.08 Å². The maximum Gasteiger partial charge on any atom is 0.272 e. The van der Waals surface area contributed by atoms with Gasteiger partial charge < -0.3 is 16.0 Å². The van der Waals surface area contributed by atoms with Gasteiger partial charge in [-0.05, 0) is 60.7 Å². The largest absolute Gasteiger partial charge is 0.321 e. The van der Waals surface area contributed by atoms with Gasteiger partial charge in [0.1, 0.15) is 17.3 Å². The number of nitrogens with one attached hydrogen (secondary N) is 3. The molecule has 1 aliphatic heterocycles. The summed E-state index contributed by atoms with van der Waals surface area (Å²) >= 11 is 7.38. The Morgan fingerprint density at radius 3 is 2.36 bits per heavy atom. The van der Waals surface area contributed by atoms with Crippen molar-refractivity contribution in [3.05, 3.63) is 131 Å². The van der Waals surface area contributed by atoms with Gasteiger partial charge in [-0.2, -0.15) is 10.1 Å². The maximum atomic E-state index is 14.6. The fourth-order valence-corrected chi connectivity index (χ4v) is 5.19. The zero-order valence-electron chi connectivity index (χ0n) is 23.5. The van der Waals surface area contributed by atoms with E-state index >= 15 is 0 Å². The number of amidine groups is 1. The van der Waals surface area contributed by atoms with Gasteiger partial charge >= 0.3 is 0 Å². The van der Waals surface area contributed by atoms with Crippen LogP contribution >= 0.6 is 23.4 Å². The fraction of sp³-hybridized carbons (Fsp3) is 0.0606. The summed E-state index contributed by atoms with van der Waals surface area (Å²) in [6.45, 7) is 0. The summed E-state index contributed by atoms with van der Waals surface area (Å²) in [4.78, 5) is 51.9. The number of thioether (sulfide) groups is 1. The van der Waals surface area contributed by atoms with E-state index in [4.69, 9.17) is 11.6 Å². The molecule has 1 aliphatic rings. The lowest BCUT2D eigenvalue weighted by Gasteiger charge is -2.13. The van der Waals surface area contributed by atoms with Crippen LogP contribution in [0.1, 0.15) is 22.3 Å². The third kappa shape index (κ3) is 8.22. The molecule has 0 fully saturated rings. The van der Waals surface area contributed by atoms with Gasteiger partial charge in [0.25, 0.3) is 17.7 Å². The van der Waals surface area contributed by atoms with Crippen molar-refractivity contribution in [2.45, 2.75) is 11.3 Å². The first kappa shape index (κ1) is 31.2. The Kier molecular flexibility index (Phi) is 10.0. The van der Waals surface area contributed by atoms with Gasteiger partial charge in [0, 0.05) is 21.7 Å². The highest BCUT2D eigenvalue weighted by atomic mass is 35.5. The highest BCUT2D eigenvalue weighted by Crippen LogP contribution is 2.25. The number of nitrogens with zero attached hydrogens (tertiary/aromatic N) is 2. The van der Waals surface area contributed by atoms with E-state index in [1.165, 1.54) is 41.0 Å². The van der Waals surface area contributed by atoms with E-state index in [-0.39, 0.29) is 46.1 Å². The summed E-state index contributed by atoms with van der Waals surface area (Å²) < 4.78 is 14.6. The molecule has 9 nitrogen and oxygen atoms in total. The van der Waals surface area contributed by atoms with Crippen LogP contribution in [0.15, 0.2) is 119 Å². The van der Waals surface area contributed by atoms with E-state index in [0.717, 1.165) is 0 Å². The van der Waals surface area contributed by atoms with Crippen LogP contribution in [0, 0.1) is 5.82 Å². The zero-order valence-corrected chi connectivity index (χ0v) is 25.1. The normalized spacial score (nSPS) is 12.8. The maximum absolute atomic E-state index is 14.6. The molecule has 0 saturated carbocycles. The van der Waals surface area contributed by atoms with E-state index in [0.29, 0.717) is 21.8 Å². The minimum absolute atomic E-state index is 0.0139. The van der Waals surface area contributed by atoms with Crippen molar-refractivity contribution in [1.82, 2.24) is 10.6 Å². The van der Waals surface area contributed by atoms with Crippen molar-refractivity contribution in [1.29, 1.82) is 0 Å². The molecule has 0 unspecified atom stereocenters. The van der Waals surface area contributed by atoms with E-state index < -0.39 is 17.6 Å². The molecule has 0 radical (unpaired) electrons. The Hall–Kier alpha value is -5.26. The summed E-state index contributed by atoms with van der Waals surface area (Å²) in [7, 11) is 0. The van der Waals surface area contributed by atoms with Crippen molar-refractivity contribution in [2.24, 2.45) is 5.10 Å². The minimum Gasteiger partial charge on any atom is -0.321 e.